The van der Waals surface area contributed by atoms with Crippen LogP contribution in [0, 0.1) is 0 Å². The van der Waals surface area contributed by atoms with Crippen LogP contribution in [0.4, 0.5) is 0 Å². The Morgan fingerprint density at radius 3 is 1.90 bits per heavy atom. The first kappa shape index (κ1) is 25.1. The maximum Gasteiger partial charge on any atom is 0.185 e. The molecule has 2 rings (SSSR count). The molecule has 1 fully saturated rings. The van der Waals surface area contributed by atoms with Crippen LogP contribution in [0.3, 0.4) is 0 Å². The van der Waals surface area contributed by atoms with Crippen molar-refractivity contribution < 1.29 is 14.0 Å². The summed E-state index contributed by atoms with van der Waals surface area (Å²) < 4.78 is 14.2. The van der Waals surface area contributed by atoms with Crippen molar-refractivity contribution in [2.45, 2.75) is 117 Å². The van der Waals surface area contributed by atoms with Crippen LogP contribution in [-0.2, 0) is 16.0 Å². The SMILES string of the molecule is CCCCCCCC=C1COC(c2cc[n+](CCCCCCCCCC)cc2)OC1. The lowest BCUT2D eigenvalue weighted by Crippen LogP contribution is -2.33. The van der Waals surface area contributed by atoms with Gasteiger partial charge in [-0.2, -0.15) is 0 Å². The standard InChI is InChI=1S/C27H46NO2/c1-3-5-7-9-11-12-14-16-20-28-21-18-26(19-22-28)27-29-23-25(24-30-27)17-15-13-10-8-6-4-2/h17-19,21-22,27H,3-16,20,23-24H2,1-2H3/q+1. The molecule has 0 N–H and O–H groups in total. The fourth-order valence-corrected chi connectivity index (χ4v) is 4.02. The zero-order chi connectivity index (χ0) is 21.3. The number of aromatic nitrogens is 1. The van der Waals surface area contributed by atoms with Crippen molar-refractivity contribution in [2.24, 2.45) is 0 Å². The van der Waals surface area contributed by atoms with Gasteiger partial charge in [0.25, 0.3) is 0 Å². The van der Waals surface area contributed by atoms with Crippen molar-refractivity contribution in [1.29, 1.82) is 0 Å². The van der Waals surface area contributed by atoms with Crippen molar-refractivity contribution in [1.82, 2.24) is 0 Å². The van der Waals surface area contributed by atoms with Gasteiger partial charge in [0.05, 0.1) is 13.2 Å². The van der Waals surface area contributed by atoms with Gasteiger partial charge in [-0.1, -0.05) is 84.1 Å². The van der Waals surface area contributed by atoms with E-state index in [2.05, 4.69) is 49.0 Å². The van der Waals surface area contributed by atoms with E-state index in [4.69, 9.17) is 9.47 Å². The van der Waals surface area contributed by atoms with Crippen LogP contribution in [0.2, 0.25) is 0 Å². The zero-order valence-electron chi connectivity index (χ0n) is 19.7. The van der Waals surface area contributed by atoms with E-state index >= 15 is 0 Å². The first-order chi connectivity index (χ1) is 14.8. The molecular formula is C27H46NO2+. The van der Waals surface area contributed by atoms with Crippen molar-refractivity contribution >= 4 is 0 Å². The van der Waals surface area contributed by atoms with Gasteiger partial charge in [0.2, 0.25) is 0 Å². The summed E-state index contributed by atoms with van der Waals surface area (Å²) in [5.41, 5.74) is 2.42. The molecule has 0 saturated carbocycles. The molecule has 170 valence electrons. The Hall–Kier alpha value is -1.19. The first-order valence-electron chi connectivity index (χ1n) is 12.7. The Morgan fingerprint density at radius 1 is 0.767 bits per heavy atom. The van der Waals surface area contributed by atoms with E-state index in [1.807, 2.05) is 0 Å². The van der Waals surface area contributed by atoms with E-state index in [0.29, 0.717) is 13.2 Å². The molecule has 0 atom stereocenters. The van der Waals surface area contributed by atoms with Crippen LogP contribution in [0.5, 0.6) is 0 Å². The average Bonchev–Trinajstić information content (AvgIpc) is 2.79. The molecule has 1 saturated heterocycles. The lowest BCUT2D eigenvalue weighted by Gasteiger charge is -2.25. The zero-order valence-corrected chi connectivity index (χ0v) is 19.7. The quantitative estimate of drug-likeness (QED) is 0.159. The van der Waals surface area contributed by atoms with Gasteiger partial charge in [0.1, 0.15) is 6.54 Å². The molecule has 1 aliphatic heterocycles. The van der Waals surface area contributed by atoms with Gasteiger partial charge in [-0.3, -0.25) is 0 Å². The summed E-state index contributed by atoms with van der Waals surface area (Å²) in [6.45, 7) is 7.05. The van der Waals surface area contributed by atoms with Gasteiger partial charge in [0.15, 0.2) is 18.7 Å². The minimum absolute atomic E-state index is 0.218. The van der Waals surface area contributed by atoms with Crippen LogP contribution < -0.4 is 4.57 Å². The van der Waals surface area contributed by atoms with Crippen molar-refractivity contribution in [3.8, 4) is 0 Å². The summed E-state index contributed by atoms with van der Waals surface area (Å²) in [5.74, 6) is 0. The van der Waals surface area contributed by atoms with Crippen LogP contribution in [-0.4, -0.2) is 13.2 Å². The fourth-order valence-electron chi connectivity index (χ4n) is 4.02. The molecule has 2 heterocycles. The van der Waals surface area contributed by atoms with E-state index in [-0.39, 0.29) is 6.29 Å². The van der Waals surface area contributed by atoms with Crippen molar-refractivity contribution in [3.05, 3.63) is 41.7 Å². The number of ether oxygens (including phenoxy) is 2. The molecule has 0 spiro atoms. The van der Waals surface area contributed by atoms with Crippen LogP contribution in [0.15, 0.2) is 36.2 Å². The summed E-state index contributed by atoms with van der Waals surface area (Å²) in [6.07, 6.45) is 25.2. The minimum Gasteiger partial charge on any atom is -0.344 e. The summed E-state index contributed by atoms with van der Waals surface area (Å²) >= 11 is 0. The molecule has 1 aliphatic rings. The van der Waals surface area contributed by atoms with Gasteiger partial charge >= 0.3 is 0 Å². The van der Waals surface area contributed by atoms with Gasteiger partial charge in [-0.15, -0.1) is 0 Å². The van der Waals surface area contributed by atoms with Crippen LogP contribution >= 0.6 is 0 Å². The van der Waals surface area contributed by atoms with Crippen molar-refractivity contribution in [3.63, 3.8) is 0 Å². The molecule has 3 heteroatoms. The summed E-state index contributed by atoms with van der Waals surface area (Å²) in [6, 6.07) is 4.30. The predicted octanol–water partition coefficient (Wildman–Crippen LogP) is 7.45. The number of pyridine rings is 1. The maximum atomic E-state index is 5.97. The number of aryl methyl sites for hydroxylation is 1. The molecule has 0 radical (unpaired) electrons. The molecule has 0 bridgehead atoms. The Morgan fingerprint density at radius 2 is 1.30 bits per heavy atom. The Bertz CT molecular complexity index is 557. The van der Waals surface area contributed by atoms with Gasteiger partial charge in [-0.25, -0.2) is 4.57 Å². The van der Waals surface area contributed by atoms with Gasteiger partial charge in [0, 0.05) is 24.1 Å². The molecule has 0 unspecified atom stereocenters. The van der Waals surface area contributed by atoms with Crippen LogP contribution in [0.1, 0.15) is 116 Å². The van der Waals surface area contributed by atoms with Crippen LogP contribution in [0.25, 0.3) is 0 Å². The fraction of sp³-hybridized carbons (Fsp3) is 0.741. The first-order valence-corrected chi connectivity index (χ1v) is 12.7. The average molecular weight is 417 g/mol. The van der Waals surface area contributed by atoms with Crippen molar-refractivity contribution in [2.75, 3.05) is 13.2 Å². The number of hydrogen-bond acceptors (Lipinski definition) is 2. The van der Waals surface area contributed by atoms with E-state index in [9.17, 15) is 0 Å². The highest BCUT2D eigenvalue weighted by molar-refractivity contribution is 5.12. The second kappa shape index (κ2) is 16.5. The molecule has 0 aliphatic carbocycles. The molecular weight excluding hydrogens is 370 g/mol. The largest absolute Gasteiger partial charge is 0.344 e. The lowest BCUT2D eigenvalue weighted by atomic mass is 10.1. The summed E-state index contributed by atoms with van der Waals surface area (Å²) in [7, 11) is 0. The van der Waals surface area contributed by atoms with E-state index in [0.717, 1.165) is 18.5 Å². The number of hydrogen-bond donors (Lipinski definition) is 0. The third-order valence-electron chi connectivity index (χ3n) is 6.04. The minimum atomic E-state index is -0.218. The second-order valence-electron chi connectivity index (χ2n) is 8.86. The third kappa shape index (κ3) is 10.7. The molecule has 0 amide bonds. The normalized spacial score (nSPS) is 16.7. The highest BCUT2D eigenvalue weighted by Gasteiger charge is 2.20. The maximum absolute atomic E-state index is 5.97. The number of nitrogens with zero attached hydrogens (tertiary/aromatic N) is 1. The number of unbranched alkanes of at least 4 members (excludes halogenated alkanes) is 12. The molecule has 1 aromatic rings. The Balaban J connectivity index is 1.58. The molecule has 0 aromatic carbocycles. The Labute approximate surface area is 185 Å². The van der Waals surface area contributed by atoms with Gasteiger partial charge in [-0.05, 0) is 24.8 Å². The smallest absolute Gasteiger partial charge is 0.185 e. The van der Waals surface area contributed by atoms with E-state index in [1.54, 1.807) is 0 Å². The third-order valence-corrected chi connectivity index (χ3v) is 6.04. The number of rotatable bonds is 16. The lowest BCUT2D eigenvalue weighted by molar-refractivity contribution is -0.697. The summed E-state index contributed by atoms with van der Waals surface area (Å²) in [4.78, 5) is 0. The highest BCUT2D eigenvalue weighted by Crippen LogP contribution is 2.24. The molecule has 1 aromatic heterocycles. The highest BCUT2D eigenvalue weighted by atomic mass is 16.7. The summed E-state index contributed by atoms with van der Waals surface area (Å²) in [5, 5.41) is 0. The van der Waals surface area contributed by atoms with E-state index in [1.165, 1.54) is 89.0 Å². The van der Waals surface area contributed by atoms with E-state index < -0.39 is 0 Å². The van der Waals surface area contributed by atoms with Gasteiger partial charge < -0.3 is 9.47 Å². The molecule has 3 nitrogen and oxygen atoms in total. The monoisotopic (exact) mass is 416 g/mol. The predicted molar refractivity (Wildman–Crippen MR) is 125 cm³/mol. The molecule has 30 heavy (non-hydrogen) atoms. The second-order valence-corrected chi connectivity index (χ2v) is 8.86. The Kier molecular flexibility index (Phi) is 13.8. The topological polar surface area (TPSA) is 22.3 Å². The number of allylic oxidation sites excluding steroid dienone is 1.